The highest BCUT2D eigenvalue weighted by Gasteiger charge is 2.77. The molecule has 8 N–H and O–H groups in total. The lowest BCUT2D eigenvalue weighted by atomic mass is 9.41. The molecule has 0 aromatic rings. The number of hydrogen-bond acceptors (Lipinski definition) is 17. The van der Waals surface area contributed by atoms with Gasteiger partial charge in [0.15, 0.2) is 30.3 Å². The summed E-state index contributed by atoms with van der Waals surface area (Å²) in [6.45, 7) is 7.06. The predicted octanol–water partition coefficient (Wildman–Crippen LogP) is -0.906. The Morgan fingerprint density at radius 2 is 1.51 bits per heavy atom. The number of esters is 1. The maximum absolute atomic E-state index is 13.8. The summed E-state index contributed by atoms with van der Waals surface area (Å²) >= 11 is 0. The SMILES string of the molecule is C[C@@H]1O[C@@H](O[C@@H]2CO[C@@H](O[C@H]3[C@@H](O)C[C@H](O[C@H]4CC[C@@]5(C)[C@@H](CC[C@]6(O)[C@@H]5CC[C@]5(C)[C@@H](C7=CC(=O)OC7)CC(=O)[C@@]56O)C4)O[C@@H]3C)[C@H](O)[C@H]2O)[C@H](O)[C@H](O)[C@H]1O. The van der Waals surface area contributed by atoms with Crippen molar-refractivity contribution in [2.24, 2.45) is 28.6 Å². The number of carbonyl (C=O) groups is 2. The lowest BCUT2D eigenvalue weighted by Crippen LogP contribution is -2.75. The van der Waals surface area contributed by atoms with E-state index in [1.165, 1.54) is 13.0 Å². The lowest BCUT2D eigenvalue weighted by molar-refractivity contribution is -0.355. The van der Waals surface area contributed by atoms with Gasteiger partial charge in [-0.1, -0.05) is 13.8 Å². The summed E-state index contributed by atoms with van der Waals surface area (Å²) in [5.74, 6) is -1.37. The molecule has 8 aliphatic rings. The molecule has 4 aliphatic carbocycles. The topological polar surface area (TPSA) is 261 Å². The van der Waals surface area contributed by atoms with Crippen molar-refractivity contribution in [2.75, 3.05) is 13.2 Å². The average Bonchev–Trinajstić information content (AvgIpc) is 3.68. The van der Waals surface area contributed by atoms with Crippen molar-refractivity contribution in [2.45, 2.75) is 183 Å². The normalized spacial score (nSPS) is 55.4. The third-order valence-electron chi connectivity index (χ3n) is 15.7. The maximum atomic E-state index is 13.8. The molecule has 57 heavy (non-hydrogen) atoms. The van der Waals surface area contributed by atoms with E-state index in [0.717, 1.165) is 0 Å². The van der Waals surface area contributed by atoms with Crippen LogP contribution in [0.15, 0.2) is 11.6 Å². The standard InChI is InChI=1S/C40H60O17/c1-17-29(44)31(46)33(48)36(54-17)56-24-16-52-35(32(47)30(24)45)57-34-18(2)53-28(14-23(34)41)55-21-6-8-37(3)20(12-21)5-10-39(49)25(37)7-9-38(4)22(13-26(42)40(38,39)50)19-11-27(43)51-15-19/h11,17-18,20-25,28-36,41,44-50H,5-10,12-16H2,1-4H3/t17-,18+,20-,21-,22+,23-,24+,25+,28-,29-,30-,31+,32+,33+,34+,35-,36-,37-,38+,39-,40+/m0/s1. The fourth-order valence-corrected chi connectivity index (χ4v) is 12.3. The van der Waals surface area contributed by atoms with Crippen LogP contribution in [0.5, 0.6) is 0 Å². The van der Waals surface area contributed by atoms with Gasteiger partial charge in [-0.25, -0.2) is 4.79 Å². The first-order valence-corrected chi connectivity index (χ1v) is 20.6. The minimum absolute atomic E-state index is 0.0602. The van der Waals surface area contributed by atoms with Crippen molar-refractivity contribution in [3.8, 4) is 0 Å². The third kappa shape index (κ3) is 6.58. The number of fused-ring (bicyclic) bond motifs is 5. The van der Waals surface area contributed by atoms with Crippen LogP contribution in [0, 0.1) is 28.6 Å². The van der Waals surface area contributed by atoms with Crippen LogP contribution in [0.25, 0.3) is 0 Å². The van der Waals surface area contributed by atoms with Gasteiger partial charge in [-0.2, -0.15) is 0 Å². The molecular formula is C40H60O17. The van der Waals surface area contributed by atoms with Crippen LogP contribution >= 0.6 is 0 Å². The van der Waals surface area contributed by atoms with E-state index in [2.05, 4.69) is 6.92 Å². The van der Waals surface area contributed by atoms with Crippen molar-refractivity contribution >= 4 is 11.8 Å². The fraction of sp³-hybridized carbons (Fsp3) is 0.900. The number of ketones is 1. The van der Waals surface area contributed by atoms with Crippen molar-refractivity contribution < 1.29 is 83.6 Å². The molecule has 4 heterocycles. The second-order valence-corrected chi connectivity index (χ2v) is 18.6. The van der Waals surface area contributed by atoms with Gasteiger partial charge < -0.3 is 74.0 Å². The first kappa shape index (κ1) is 42.0. The van der Waals surface area contributed by atoms with E-state index in [1.807, 2.05) is 6.92 Å². The zero-order chi connectivity index (χ0) is 41.0. The Bertz CT molecular complexity index is 1570. The van der Waals surface area contributed by atoms with Crippen LogP contribution in [-0.2, 0) is 42.7 Å². The number of ether oxygens (including phenoxy) is 7. The Labute approximate surface area is 331 Å². The van der Waals surface area contributed by atoms with Gasteiger partial charge in [0, 0.05) is 24.3 Å². The average molecular weight is 813 g/mol. The molecule has 21 atom stereocenters. The second-order valence-electron chi connectivity index (χ2n) is 18.6. The predicted molar refractivity (Wildman–Crippen MR) is 191 cm³/mol. The van der Waals surface area contributed by atoms with Gasteiger partial charge in [-0.15, -0.1) is 0 Å². The molecule has 0 radical (unpaired) electrons. The summed E-state index contributed by atoms with van der Waals surface area (Å²) in [6.07, 6.45) is -10.5. The third-order valence-corrected chi connectivity index (χ3v) is 15.7. The fourth-order valence-electron chi connectivity index (χ4n) is 12.3. The molecule has 4 aliphatic heterocycles. The Kier molecular flexibility index (Phi) is 11.1. The Hall–Kier alpha value is -1.68. The minimum Gasteiger partial charge on any atom is -0.458 e. The zero-order valence-corrected chi connectivity index (χ0v) is 32.9. The summed E-state index contributed by atoms with van der Waals surface area (Å²) in [7, 11) is 0. The molecule has 0 bridgehead atoms. The highest BCUT2D eigenvalue weighted by atomic mass is 16.7. The van der Waals surface area contributed by atoms with E-state index in [9.17, 15) is 50.4 Å². The van der Waals surface area contributed by atoms with Crippen molar-refractivity contribution in [3.05, 3.63) is 11.6 Å². The molecule has 0 spiro atoms. The van der Waals surface area contributed by atoms with Crippen molar-refractivity contribution in [3.63, 3.8) is 0 Å². The molecule has 0 unspecified atom stereocenters. The number of rotatable bonds is 7. The van der Waals surface area contributed by atoms with Crippen LogP contribution in [0.1, 0.15) is 85.5 Å². The number of hydrogen-bond donors (Lipinski definition) is 8. The summed E-state index contributed by atoms with van der Waals surface area (Å²) in [6, 6.07) is 0. The summed E-state index contributed by atoms with van der Waals surface area (Å²) in [5.41, 5.74) is -4.16. The summed E-state index contributed by atoms with van der Waals surface area (Å²) < 4.78 is 40.5. The van der Waals surface area contributed by atoms with Gasteiger partial charge in [-0.3, -0.25) is 4.79 Å². The monoisotopic (exact) mass is 812 g/mol. The molecule has 3 saturated heterocycles. The molecular weight excluding hydrogens is 752 g/mol. The van der Waals surface area contributed by atoms with Crippen molar-refractivity contribution in [1.29, 1.82) is 0 Å². The van der Waals surface area contributed by atoms with E-state index >= 15 is 0 Å². The number of aliphatic hydroxyl groups is 8. The van der Waals surface area contributed by atoms with Gasteiger partial charge in [0.1, 0.15) is 54.9 Å². The number of cyclic esters (lactones) is 1. The van der Waals surface area contributed by atoms with Crippen LogP contribution < -0.4 is 0 Å². The smallest absolute Gasteiger partial charge is 0.331 e. The van der Waals surface area contributed by atoms with Crippen LogP contribution in [-0.4, -0.2) is 163 Å². The molecule has 17 heteroatoms. The second kappa shape index (κ2) is 15.0. The Morgan fingerprint density at radius 1 is 0.772 bits per heavy atom. The van der Waals surface area contributed by atoms with E-state index in [-0.39, 0.29) is 67.5 Å². The highest BCUT2D eigenvalue weighted by molar-refractivity contribution is 5.94. The van der Waals surface area contributed by atoms with E-state index < -0.39 is 102 Å². The first-order valence-electron chi connectivity index (χ1n) is 20.6. The summed E-state index contributed by atoms with van der Waals surface area (Å²) in [4.78, 5) is 25.8. The van der Waals surface area contributed by atoms with Gasteiger partial charge in [0.2, 0.25) is 0 Å². The Morgan fingerprint density at radius 3 is 2.21 bits per heavy atom. The van der Waals surface area contributed by atoms with E-state index in [1.54, 1.807) is 6.92 Å². The molecule has 0 aromatic carbocycles. The largest absolute Gasteiger partial charge is 0.458 e. The molecule has 0 aromatic heterocycles. The maximum Gasteiger partial charge on any atom is 0.331 e. The number of carbonyl (C=O) groups excluding carboxylic acids is 2. The van der Waals surface area contributed by atoms with Gasteiger partial charge in [-0.05, 0) is 87.5 Å². The van der Waals surface area contributed by atoms with Gasteiger partial charge in [0.25, 0.3) is 0 Å². The Balaban J connectivity index is 0.853. The van der Waals surface area contributed by atoms with E-state index in [4.69, 9.17) is 33.2 Å². The van der Waals surface area contributed by atoms with Crippen molar-refractivity contribution in [1.82, 2.24) is 0 Å². The molecule has 4 saturated carbocycles. The minimum atomic E-state index is -1.95. The van der Waals surface area contributed by atoms with Gasteiger partial charge in [0.05, 0.1) is 31.0 Å². The molecule has 7 fully saturated rings. The van der Waals surface area contributed by atoms with Crippen LogP contribution in [0.2, 0.25) is 0 Å². The summed E-state index contributed by atoms with van der Waals surface area (Å²) in [5, 5.41) is 88.4. The quantitative estimate of drug-likeness (QED) is 0.114. The van der Waals surface area contributed by atoms with Gasteiger partial charge >= 0.3 is 5.97 Å². The van der Waals surface area contributed by atoms with Crippen LogP contribution in [0.4, 0.5) is 0 Å². The molecule has 322 valence electrons. The highest BCUT2D eigenvalue weighted by Crippen LogP contribution is 2.70. The zero-order valence-electron chi connectivity index (χ0n) is 32.9. The number of Topliss-reactive ketones (excluding diaryl/α,β-unsaturated/α-hetero) is 1. The lowest BCUT2D eigenvalue weighted by Gasteiger charge is -2.66. The van der Waals surface area contributed by atoms with Crippen LogP contribution in [0.3, 0.4) is 0 Å². The first-order chi connectivity index (χ1) is 26.8. The number of aliphatic hydroxyl groups excluding tert-OH is 6. The molecule has 0 amide bonds. The molecule has 8 rings (SSSR count). The molecule has 17 nitrogen and oxygen atoms in total. The van der Waals surface area contributed by atoms with E-state index in [0.29, 0.717) is 44.1 Å².